The molecule has 0 unspecified atom stereocenters. The molecule has 0 bridgehead atoms. The van der Waals surface area contributed by atoms with Crippen LogP contribution in [0.5, 0.6) is 0 Å². The highest BCUT2D eigenvalue weighted by Crippen LogP contribution is 2.41. The Hall–Kier alpha value is -3.65. The lowest BCUT2D eigenvalue weighted by atomic mass is 9.81. The molecule has 3 aromatic rings. The van der Waals surface area contributed by atoms with Crippen molar-refractivity contribution >= 4 is 17.5 Å². The van der Waals surface area contributed by atoms with Crippen LogP contribution in [0.15, 0.2) is 23.1 Å². The number of nitrogens with one attached hydrogen (secondary N) is 2. The van der Waals surface area contributed by atoms with Crippen LogP contribution in [0.25, 0.3) is 5.65 Å². The normalized spacial score (nSPS) is 17.8. The third-order valence-corrected chi connectivity index (χ3v) is 6.58. The van der Waals surface area contributed by atoms with Gasteiger partial charge in [0.2, 0.25) is 11.8 Å². The Kier molecular flexibility index (Phi) is 7.65. The summed E-state index contributed by atoms with van der Waals surface area (Å²) in [5, 5.41) is 16.8. The molecule has 3 aromatic heterocycles. The van der Waals surface area contributed by atoms with Gasteiger partial charge in [0.1, 0.15) is 5.69 Å². The minimum atomic E-state index is -4.43. The summed E-state index contributed by atoms with van der Waals surface area (Å²) in [5.74, 6) is -4.46. The van der Waals surface area contributed by atoms with E-state index in [4.69, 9.17) is 0 Å². The largest absolute Gasteiger partial charge is 0.389 e. The summed E-state index contributed by atoms with van der Waals surface area (Å²) >= 11 is 0. The van der Waals surface area contributed by atoms with Crippen molar-refractivity contribution in [1.29, 1.82) is 0 Å². The zero-order valence-electron chi connectivity index (χ0n) is 20.6. The highest BCUT2D eigenvalue weighted by Gasteiger charge is 2.39. The van der Waals surface area contributed by atoms with E-state index >= 15 is 0 Å². The van der Waals surface area contributed by atoms with E-state index in [0.717, 1.165) is 0 Å². The van der Waals surface area contributed by atoms with Crippen molar-refractivity contribution in [3.63, 3.8) is 0 Å². The lowest BCUT2D eigenvalue weighted by molar-refractivity contribution is -0.144. The highest BCUT2D eigenvalue weighted by molar-refractivity contribution is 5.93. The second-order valence-electron chi connectivity index (χ2n) is 9.50. The Morgan fingerprint density at radius 3 is 2.55 bits per heavy atom. The summed E-state index contributed by atoms with van der Waals surface area (Å²) in [4.78, 5) is 29.3. The Morgan fingerprint density at radius 2 is 1.92 bits per heavy atom. The van der Waals surface area contributed by atoms with Gasteiger partial charge in [-0.25, -0.2) is 22.9 Å². The second-order valence-corrected chi connectivity index (χ2v) is 9.50. The lowest BCUT2D eigenvalue weighted by Gasteiger charge is -2.33. The van der Waals surface area contributed by atoms with Gasteiger partial charge in [0, 0.05) is 19.3 Å². The number of aromatic nitrogens is 5. The van der Waals surface area contributed by atoms with Crippen LogP contribution < -0.4 is 10.6 Å². The predicted octanol–water partition coefficient (Wildman–Crippen LogP) is 4.24. The van der Waals surface area contributed by atoms with Crippen molar-refractivity contribution < 1.29 is 36.2 Å². The van der Waals surface area contributed by atoms with Gasteiger partial charge in [-0.15, -0.1) is 0 Å². The molecule has 2 N–H and O–H groups in total. The number of alkyl halides is 5. The minimum absolute atomic E-state index is 0.0320. The Morgan fingerprint density at radius 1 is 1.21 bits per heavy atom. The number of fused-ring (bicyclic) bond motifs is 1. The molecule has 0 saturated heterocycles. The zero-order valence-corrected chi connectivity index (χ0v) is 20.6. The van der Waals surface area contributed by atoms with Gasteiger partial charge in [-0.3, -0.25) is 9.59 Å². The maximum atomic E-state index is 13.8. The van der Waals surface area contributed by atoms with Crippen LogP contribution in [0.3, 0.4) is 0 Å². The zero-order chi connectivity index (χ0) is 27.7. The smallest absolute Gasteiger partial charge is 0.350 e. The molecule has 15 heteroatoms. The van der Waals surface area contributed by atoms with Crippen molar-refractivity contribution in [3.8, 4) is 0 Å². The number of halogens is 5. The first-order valence-electron chi connectivity index (χ1n) is 12.0. The van der Waals surface area contributed by atoms with E-state index < -0.39 is 48.8 Å². The van der Waals surface area contributed by atoms with Gasteiger partial charge in [0.25, 0.3) is 5.91 Å². The number of amides is 2. The Balaban J connectivity index is 1.55. The first-order valence-corrected chi connectivity index (χ1v) is 12.0. The molecule has 1 aliphatic carbocycles. The van der Waals surface area contributed by atoms with E-state index in [1.54, 1.807) is 26.1 Å². The first-order chi connectivity index (χ1) is 17.8. The summed E-state index contributed by atoms with van der Waals surface area (Å²) in [7, 11) is 0. The summed E-state index contributed by atoms with van der Waals surface area (Å²) in [6.07, 6.45) is -3.69. The number of carbonyl (C=O) groups excluding carboxylic acids is 2. The molecule has 1 aliphatic rings. The monoisotopic (exact) mass is 543 g/mol. The molecule has 206 valence electrons. The van der Waals surface area contributed by atoms with Crippen LogP contribution >= 0.6 is 0 Å². The van der Waals surface area contributed by atoms with Gasteiger partial charge >= 0.3 is 6.18 Å². The molecule has 0 aliphatic heterocycles. The number of carbonyl (C=O) groups is 2. The van der Waals surface area contributed by atoms with Gasteiger partial charge in [0.05, 0.1) is 36.6 Å². The number of nitrogens with zero attached hydrogens (tertiary/aromatic N) is 5. The van der Waals surface area contributed by atoms with Crippen LogP contribution in [0.4, 0.5) is 22.0 Å². The van der Waals surface area contributed by atoms with Gasteiger partial charge in [-0.2, -0.15) is 18.3 Å². The average Bonchev–Trinajstić information content (AvgIpc) is 3.46. The molecular formula is C23H26F5N7O3. The quantitative estimate of drug-likeness (QED) is 0.407. The number of rotatable bonds is 8. The van der Waals surface area contributed by atoms with Crippen molar-refractivity contribution in [2.75, 3.05) is 0 Å². The molecule has 1 saturated carbocycles. The van der Waals surface area contributed by atoms with Crippen LogP contribution in [0.2, 0.25) is 0 Å². The summed E-state index contributed by atoms with van der Waals surface area (Å²) in [6.45, 7) is 3.14. The van der Waals surface area contributed by atoms with Crippen LogP contribution in [-0.2, 0) is 4.79 Å². The van der Waals surface area contributed by atoms with E-state index in [9.17, 15) is 31.5 Å². The Bertz CT molecular complexity index is 1300. The topological polar surface area (TPSA) is 127 Å². The van der Waals surface area contributed by atoms with Gasteiger partial charge in [-0.1, -0.05) is 5.16 Å². The molecule has 2 atom stereocenters. The van der Waals surface area contributed by atoms with E-state index in [1.807, 2.05) is 0 Å². The molecule has 38 heavy (non-hydrogen) atoms. The molecule has 0 aromatic carbocycles. The maximum Gasteiger partial charge on any atom is 0.389 e. The maximum absolute atomic E-state index is 13.8. The third kappa shape index (κ3) is 6.61. The lowest BCUT2D eigenvalue weighted by Crippen LogP contribution is -2.37. The number of hydrogen-bond donors (Lipinski definition) is 2. The van der Waals surface area contributed by atoms with Crippen molar-refractivity contribution in [2.45, 2.75) is 76.6 Å². The van der Waals surface area contributed by atoms with Gasteiger partial charge in [0.15, 0.2) is 11.3 Å². The molecule has 4 rings (SSSR count). The highest BCUT2D eigenvalue weighted by atomic mass is 19.4. The van der Waals surface area contributed by atoms with Crippen molar-refractivity contribution in [3.05, 3.63) is 41.1 Å². The summed E-state index contributed by atoms with van der Waals surface area (Å²) in [5.41, 5.74) is 1.46. The van der Waals surface area contributed by atoms with Crippen LogP contribution in [0.1, 0.15) is 85.0 Å². The molecule has 1 fully saturated rings. The molecule has 2 amide bonds. The third-order valence-electron chi connectivity index (χ3n) is 6.58. The van der Waals surface area contributed by atoms with E-state index in [0.29, 0.717) is 16.9 Å². The van der Waals surface area contributed by atoms with Crippen molar-refractivity contribution in [2.24, 2.45) is 5.92 Å². The average molecular weight is 543 g/mol. The predicted molar refractivity (Wildman–Crippen MR) is 121 cm³/mol. The first kappa shape index (κ1) is 27.4. The second kappa shape index (κ2) is 10.6. The number of imidazole rings is 1. The number of aryl methyl sites for hydroxylation is 1. The molecular weight excluding hydrogens is 517 g/mol. The van der Waals surface area contributed by atoms with E-state index in [1.165, 1.54) is 10.7 Å². The van der Waals surface area contributed by atoms with E-state index in [-0.39, 0.29) is 43.0 Å². The minimum Gasteiger partial charge on any atom is -0.350 e. The fourth-order valence-electron chi connectivity index (χ4n) is 4.42. The van der Waals surface area contributed by atoms with Crippen LogP contribution in [0, 0.1) is 12.8 Å². The van der Waals surface area contributed by atoms with E-state index in [2.05, 4.69) is 35.7 Å². The van der Waals surface area contributed by atoms with Gasteiger partial charge in [-0.05, 0) is 49.4 Å². The SMILES string of the molecule is Cc1nonc1C(=O)N[C@H](c1cn2ncc([C@H](C)NC(=O)CCC(F)(F)F)cc2n1)C1CCC(F)(F)CC1. The van der Waals surface area contributed by atoms with Crippen LogP contribution in [-0.4, -0.2) is 48.8 Å². The molecule has 10 nitrogen and oxygen atoms in total. The van der Waals surface area contributed by atoms with Crippen molar-refractivity contribution in [1.82, 2.24) is 35.5 Å². The molecule has 0 radical (unpaired) electrons. The number of hydrogen-bond acceptors (Lipinski definition) is 7. The summed E-state index contributed by atoms with van der Waals surface area (Å²) < 4.78 is 70.9. The summed E-state index contributed by atoms with van der Waals surface area (Å²) in [6, 6.07) is 0.219. The fraction of sp³-hybridized carbons (Fsp3) is 0.565. The molecule has 3 heterocycles. The Labute approximate surface area is 213 Å². The fourth-order valence-corrected chi connectivity index (χ4v) is 4.42. The molecule has 0 spiro atoms. The van der Waals surface area contributed by atoms with Gasteiger partial charge < -0.3 is 10.6 Å². The standard InChI is InChI=1S/C23H26F5N7O3/c1-12(30-18(36)5-8-23(26,27)28)15-9-17-31-16(11-35(17)29-10-15)20(14-3-6-22(24,25)7-4-14)32-21(37)19-13(2)33-38-34-19/h9-12,14,20H,3-8H2,1-2H3,(H,30,36)(H,32,37)/t12-,20-/m0/s1.